The Morgan fingerprint density at radius 2 is 1.71 bits per heavy atom. The Balaban J connectivity index is 1.26. The maximum absolute atomic E-state index is 12.6. The van der Waals surface area contributed by atoms with Crippen LogP contribution in [0.3, 0.4) is 0 Å². The van der Waals surface area contributed by atoms with Crippen molar-refractivity contribution in [2.75, 3.05) is 45.0 Å². The summed E-state index contributed by atoms with van der Waals surface area (Å²) in [6, 6.07) is 6.49. The fraction of sp³-hybridized carbons (Fsp3) is 0.450. The van der Waals surface area contributed by atoms with Gasteiger partial charge in [-0.05, 0) is 37.1 Å². The van der Waals surface area contributed by atoms with Gasteiger partial charge < -0.3 is 14.2 Å². The van der Waals surface area contributed by atoms with Crippen LogP contribution in [0.1, 0.15) is 23.4 Å². The first-order valence-electron chi connectivity index (χ1n) is 10.1. The van der Waals surface area contributed by atoms with Gasteiger partial charge in [-0.15, -0.1) is 0 Å². The molecule has 2 aromatic heterocycles. The van der Waals surface area contributed by atoms with Crippen molar-refractivity contribution >= 4 is 33.6 Å². The van der Waals surface area contributed by atoms with E-state index in [1.54, 1.807) is 34.1 Å². The maximum Gasteiger partial charge on any atom is 0.289 e. The van der Waals surface area contributed by atoms with Crippen LogP contribution < -0.4 is 0 Å². The molecular weight excluding hydrogens is 440 g/mol. The van der Waals surface area contributed by atoms with E-state index >= 15 is 0 Å². The summed E-state index contributed by atoms with van der Waals surface area (Å²) in [5.41, 5.74) is 0. The standard InChI is InChI=1S/C20H24N4O5S2/c25-19(22-9-11-23(12-10-22)20(26)17-4-3-13-29-17)15-30-18-6-5-16(14-21-18)31(27,28)24-7-1-2-8-24/h3-6,13-14H,1-2,7-12,15H2. The number of sulfonamides is 1. The van der Waals surface area contributed by atoms with E-state index in [1.807, 2.05) is 0 Å². The molecule has 0 aliphatic carbocycles. The smallest absolute Gasteiger partial charge is 0.289 e. The molecule has 9 nitrogen and oxygen atoms in total. The number of amides is 2. The highest BCUT2D eigenvalue weighted by Gasteiger charge is 2.28. The van der Waals surface area contributed by atoms with Crippen LogP contribution in [0.25, 0.3) is 0 Å². The van der Waals surface area contributed by atoms with Crippen molar-refractivity contribution in [3.05, 3.63) is 42.5 Å². The average molecular weight is 465 g/mol. The molecule has 2 amide bonds. The quantitative estimate of drug-likeness (QED) is 0.597. The Hall–Kier alpha value is -2.37. The van der Waals surface area contributed by atoms with E-state index in [-0.39, 0.29) is 22.5 Å². The number of thioether (sulfide) groups is 1. The number of carbonyl (C=O) groups excluding carboxylic acids is 2. The van der Waals surface area contributed by atoms with Gasteiger partial charge in [-0.25, -0.2) is 13.4 Å². The van der Waals surface area contributed by atoms with Crippen molar-refractivity contribution in [3.63, 3.8) is 0 Å². The summed E-state index contributed by atoms with van der Waals surface area (Å²) in [7, 11) is -3.48. The second kappa shape index (κ2) is 9.41. The van der Waals surface area contributed by atoms with E-state index in [9.17, 15) is 18.0 Å². The summed E-state index contributed by atoms with van der Waals surface area (Å²) < 4.78 is 31.7. The minimum absolute atomic E-state index is 0.0364. The van der Waals surface area contributed by atoms with E-state index in [0.29, 0.717) is 50.1 Å². The lowest BCUT2D eigenvalue weighted by atomic mass is 10.3. The first kappa shape index (κ1) is 21.8. The summed E-state index contributed by atoms with van der Waals surface area (Å²) in [4.78, 5) is 32.6. The van der Waals surface area contributed by atoms with Gasteiger partial charge in [0.2, 0.25) is 15.9 Å². The molecule has 0 saturated carbocycles. The normalized spacial score (nSPS) is 17.8. The molecule has 2 aromatic rings. The second-order valence-electron chi connectivity index (χ2n) is 7.38. The van der Waals surface area contributed by atoms with Crippen LogP contribution >= 0.6 is 11.8 Å². The van der Waals surface area contributed by atoms with E-state index in [2.05, 4.69) is 4.98 Å². The van der Waals surface area contributed by atoms with Crippen molar-refractivity contribution in [2.24, 2.45) is 0 Å². The largest absolute Gasteiger partial charge is 0.459 e. The Kier molecular flexibility index (Phi) is 6.63. The van der Waals surface area contributed by atoms with Gasteiger partial charge in [-0.2, -0.15) is 4.31 Å². The summed E-state index contributed by atoms with van der Waals surface area (Å²) in [6.45, 7) is 2.94. The fourth-order valence-corrected chi connectivity index (χ4v) is 5.83. The van der Waals surface area contributed by atoms with Crippen molar-refractivity contribution in [1.82, 2.24) is 19.1 Å². The zero-order valence-corrected chi connectivity index (χ0v) is 18.6. The summed E-state index contributed by atoms with van der Waals surface area (Å²) in [6.07, 6.45) is 4.59. The third-order valence-corrected chi connectivity index (χ3v) is 8.22. The number of nitrogens with zero attached hydrogens (tertiary/aromatic N) is 4. The molecule has 2 saturated heterocycles. The zero-order chi connectivity index (χ0) is 21.8. The molecule has 0 aromatic carbocycles. The Morgan fingerprint density at radius 1 is 1.00 bits per heavy atom. The van der Waals surface area contributed by atoms with Gasteiger partial charge in [0, 0.05) is 45.5 Å². The number of furan rings is 1. The molecular formula is C20H24N4O5S2. The van der Waals surface area contributed by atoms with Crippen LogP contribution in [0.15, 0.2) is 51.1 Å². The molecule has 0 atom stereocenters. The molecule has 0 bridgehead atoms. The number of piperazine rings is 1. The van der Waals surface area contributed by atoms with Gasteiger partial charge in [0.15, 0.2) is 5.76 Å². The number of pyridine rings is 1. The summed E-state index contributed by atoms with van der Waals surface area (Å²) >= 11 is 1.27. The third kappa shape index (κ3) is 4.94. The van der Waals surface area contributed by atoms with Crippen molar-refractivity contribution < 1.29 is 22.4 Å². The number of hydrogen-bond donors (Lipinski definition) is 0. The Bertz CT molecular complexity index is 1010. The molecule has 4 heterocycles. The van der Waals surface area contributed by atoms with Gasteiger partial charge in [-0.3, -0.25) is 9.59 Å². The number of carbonyl (C=O) groups is 2. The average Bonchev–Trinajstić information content (AvgIpc) is 3.52. The molecule has 31 heavy (non-hydrogen) atoms. The number of aromatic nitrogens is 1. The van der Waals surface area contributed by atoms with Crippen molar-refractivity contribution in [1.29, 1.82) is 0 Å². The second-order valence-corrected chi connectivity index (χ2v) is 10.3. The minimum atomic E-state index is -3.48. The molecule has 0 radical (unpaired) electrons. The third-order valence-electron chi connectivity index (χ3n) is 5.41. The first-order valence-corrected chi connectivity index (χ1v) is 12.6. The van der Waals surface area contributed by atoms with Crippen LogP contribution in [0.4, 0.5) is 0 Å². The number of rotatable bonds is 6. The van der Waals surface area contributed by atoms with Gasteiger partial charge in [-0.1, -0.05) is 11.8 Å². The summed E-state index contributed by atoms with van der Waals surface area (Å²) in [5.74, 6) is 0.305. The lowest BCUT2D eigenvalue weighted by Gasteiger charge is -2.34. The molecule has 166 valence electrons. The van der Waals surface area contributed by atoms with Crippen LogP contribution in [-0.2, 0) is 14.8 Å². The number of hydrogen-bond acceptors (Lipinski definition) is 7. The highest BCUT2D eigenvalue weighted by Crippen LogP contribution is 2.23. The Labute approximate surface area is 185 Å². The highest BCUT2D eigenvalue weighted by molar-refractivity contribution is 7.99. The van der Waals surface area contributed by atoms with E-state index in [4.69, 9.17) is 4.42 Å². The van der Waals surface area contributed by atoms with Crippen molar-refractivity contribution in [2.45, 2.75) is 22.8 Å². The molecule has 0 unspecified atom stereocenters. The lowest BCUT2D eigenvalue weighted by Crippen LogP contribution is -2.51. The monoisotopic (exact) mass is 464 g/mol. The van der Waals surface area contributed by atoms with Gasteiger partial charge in [0.25, 0.3) is 5.91 Å². The molecule has 0 spiro atoms. The SMILES string of the molecule is O=C(CSc1ccc(S(=O)(=O)N2CCCC2)cn1)N1CCN(C(=O)c2ccco2)CC1. The fourth-order valence-electron chi connectivity index (χ4n) is 3.62. The minimum Gasteiger partial charge on any atom is -0.459 e. The van der Waals surface area contributed by atoms with Gasteiger partial charge >= 0.3 is 0 Å². The molecule has 11 heteroatoms. The zero-order valence-electron chi connectivity index (χ0n) is 17.0. The lowest BCUT2D eigenvalue weighted by molar-refractivity contribution is -0.129. The van der Waals surface area contributed by atoms with E-state index in [0.717, 1.165) is 12.8 Å². The molecule has 4 rings (SSSR count). The topological polar surface area (TPSA) is 104 Å². The first-order chi connectivity index (χ1) is 14.9. The van der Waals surface area contributed by atoms with Gasteiger partial charge in [0.05, 0.1) is 17.0 Å². The van der Waals surface area contributed by atoms with Gasteiger partial charge in [0.1, 0.15) is 4.90 Å². The predicted octanol–water partition coefficient (Wildman–Crippen LogP) is 1.54. The summed E-state index contributed by atoms with van der Waals surface area (Å²) in [5, 5.41) is 0.598. The van der Waals surface area contributed by atoms with Crippen molar-refractivity contribution in [3.8, 4) is 0 Å². The molecule has 2 fully saturated rings. The van der Waals surface area contributed by atoms with Crippen LogP contribution in [-0.4, -0.2) is 84.3 Å². The molecule has 0 N–H and O–H groups in total. The predicted molar refractivity (Wildman–Crippen MR) is 114 cm³/mol. The van der Waals surface area contributed by atoms with E-state index < -0.39 is 10.0 Å². The van der Waals surface area contributed by atoms with E-state index in [1.165, 1.54) is 28.5 Å². The molecule has 2 aliphatic heterocycles. The van der Waals surface area contributed by atoms with Crippen LogP contribution in [0.2, 0.25) is 0 Å². The highest BCUT2D eigenvalue weighted by atomic mass is 32.2. The molecule has 2 aliphatic rings. The maximum atomic E-state index is 12.6. The Morgan fingerprint density at radius 3 is 2.32 bits per heavy atom. The van der Waals surface area contributed by atoms with Crippen LogP contribution in [0.5, 0.6) is 0 Å². The van der Waals surface area contributed by atoms with Crippen LogP contribution in [0, 0.1) is 0 Å².